The van der Waals surface area contributed by atoms with Crippen LogP contribution in [0.2, 0.25) is 0 Å². The quantitative estimate of drug-likeness (QED) is 0.771. The SMILES string of the molecule is CC(C)C(NC(=O)c1ccc2[nH]c(=O)n(C)c2c1)C(=O)O. The minimum absolute atomic E-state index is 0.230. The van der Waals surface area contributed by atoms with E-state index in [1.807, 2.05) is 0 Å². The summed E-state index contributed by atoms with van der Waals surface area (Å²) in [5.74, 6) is -1.79. The van der Waals surface area contributed by atoms with Crippen molar-refractivity contribution in [2.45, 2.75) is 19.9 Å². The molecule has 0 radical (unpaired) electrons. The number of nitrogens with zero attached hydrogens (tertiary/aromatic N) is 1. The number of rotatable bonds is 4. The molecule has 0 saturated carbocycles. The summed E-state index contributed by atoms with van der Waals surface area (Å²) in [4.78, 5) is 37.4. The average Bonchev–Trinajstić information content (AvgIpc) is 2.70. The molecule has 3 N–H and O–H groups in total. The first-order valence-corrected chi connectivity index (χ1v) is 6.53. The molecule has 21 heavy (non-hydrogen) atoms. The molecular weight excluding hydrogens is 274 g/mol. The monoisotopic (exact) mass is 291 g/mol. The number of aryl methyl sites for hydroxylation is 1. The second kappa shape index (κ2) is 5.43. The number of aromatic amines is 1. The molecule has 2 rings (SSSR count). The van der Waals surface area contributed by atoms with Crippen molar-refractivity contribution in [3.8, 4) is 0 Å². The van der Waals surface area contributed by atoms with Crippen molar-refractivity contribution in [2.75, 3.05) is 0 Å². The van der Waals surface area contributed by atoms with Crippen molar-refractivity contribution in [3.63, 3.8) is 0 Å². The van der Waals surface area contributed by atoms with E-state index >= 15 is 0 Å². The Morgan fingerprint density at radius 2 is 2.00 bits per heavy atom. The van der Waals surface area contributed by atoms with E-state index in [2.05, 4.69) is 10.3 Å². The lowest BCUT2D eigenvalue weighted by Gasteiger charge is -2.17. The number of amides is 1. The van der Waals surface area contributed by atoms with Crippen molar-refractivity contribution in [1.82, 2.24) is 14.9 Å². The first-order chi connectivity index (χ1) is 9.81. The van der Waals surface area contributed by atoms with Crippen molar-refractivity contribution >= 4 is 22.9 Å². The van der Waals surface area contributed by atoms with Crippen LogP contribution in [-0.2, 0) is 11.8 Å². The van der Waals surface area contributed by atoms with E-state index in [-0.39, 0.29) is 11.6 Å². The van der Waals surface area contributed by atoms with E-state index in [0.717, 1.165) is 0 Å². The van der Waals surface area contributed by atoms with Gasteiger partial charge in [-0.25, -0.2) is 9.59 Å². The van der Waals surface area contributed by atoms with Gasteiger partial charge < -0.3 is 15.4 Å². The van der Waals surface area contributed by atoms with Gasteiger partial charge in [-0.15, -0.1) is 0 Å². The number of benzene rings is 1. The third kappa shape index (κ3) is 2.81. The van der Waals surface area contributed by atoms with Crippen molar-refractivity contribution in [1.29, 1.82) is 0 Å². The van der Waals surface area contributed by atoms with Crippen LogP contribution in [0.1, 0.15) is 24.2 Å². The molecule has 1 amide bonds. The summed E-state index contributed by atoms with van der Waals surface area (Å²) < 4.78 is 1.39. The molecule has 0 aliphatic rings. The molecule has 1 unspecified atom stereocenters. The molecule has 0 aliphatic carbocycles. The lowest BCUT2D eigenvalue weighted by molar-refractivity contribution is -0.140. The van der Waals surface area contributed by atoms with Gasteiger partial charge in [-0.05, 0) is 24.1 Å². The molecule has 7 heteroatoms. The number of carbonyl (C=O) groups excluding carboxylic acids is 1. The number of nitrogens with one attached hydrogen (secondary N) is 2. The van der Waals surface area contributed by atoms with Gasteiger partial charge in [-0.2, -0.15) is 0 Å². The zero-order valence-electron chi connectivity index (χ0n) is 12.0. The van der Waals surface area contributed by atoms with E-state index in [1.54, 1.807) is 39.1 Å². The fraction of sp³-hybridized carbons (Fsp3) is 0.357. The number of carbonyl (C=O) groups is 2. The van der Waals surface area contributed by atoms with Crippen molar-refractivity contribution in [3.05, 3.63) is 34.2 Å². The van der Waals surface area contributed by atoms with Crippen LogP contribution in [0.25, 0.3) is 11.0 Å². The smallest absolute Gasteiger partial charge is 0.326 e. The molecule has 0 aliphatic heterocycles. The maximum Gasteiger partial charge on any atom is 0.326 e. The number of aromatic nitrogens is 2. The predicted octanol–water partition coefficient (Wildman–Crippen LogP) is 0.706. The fourth-order valence-electron chi connectivity index (χ4n) is 2.10. The van der Waals surface area contributed by atoms with Crippen LogP contribution in [0.4, 0.5) is 0 Å². The normalized spacial score (nSPS) is 12.6. The third-order valence-corrected chi connectivity index (χ3v) is 3.39. The Balaban J connectivity index is 2.33. The van der Waals surface area contributed by atoms with Gasteiger partial charge in [0.2, 0.25) is 0 Å². The third-order valence-electron chi connectivity index (χ3n) is 3.39. The Kier molecular flexibility index (Phi) is 3.84. The second-order valence-electron chi connectivity index (χ2n) is 5.25. The lowest BCUT2D eigenvalue weighted by Crippen LogP contribution is -2.44. The van der Waals surface area contributed by atoms with E-state index in [0.29, 0.717) is 16.6 Å². The number of imidazole rings is 1. The topological polar surface area (TPSA) is 104 Å². The average molecular weight is 291 g/mol. The van der Waals surface area contributed by atoms with Crippen molar-refractivity contribution < 1.29 is 14.7 Å². The van der Waals surface area contributed by atoms with Gasteiger partial charge in [0.15, 0.2) is 0 Å². The molecule has 2 aromatic rings. The summed E-state index contributed by atoms with van der Waals surface area (Å²) in [6.07, 6.45) is 0. The summed E-state index contributed by atoms with van der Waals surface area (Å²) in [5, 5.41) is 11.6. The Labute approximate surface area is 120 Å². The fourth-order valence-corrected chi connectivity index (χ4v) is 2.10. The van der Waals surface area contributed by atoms with E-state index < -0.39 is 17.9 Å². The van der Waals surface area contributed by atoms with Gasteiger partial charge in [0, 0.05) is 12.6 Å². The Hall–Kier alpha value is -2.57. The summed E-state index contributed by atoms with van der Waals surface area (Å²) in [7, 11) is 1.59. The standard InChI is InChI=1S/C14H17N3O4/c1-7(2)11(13(19)20)16-12(18)8-4-5-9-10(6-8)17(3)14(21)15-9/h4-7,11H,1-3H3,(H,15,21)(H,16,18)(H,19,20). The van der Waals surface area contributed by atoms with E-state index in [9.17, 15) is 14.4 Å². The Morgan fingerprint density at radius 3 is 2.57 bits per heavy atom. The predicted molar refractivity (Wildman–Crippen MR) is 77.3 cm³/mol. The van der Waals surface area contributed by atoms with E-state index in [1.165, 1.54) is 4.57 Å². The summed E-state index contributed by atoms with van der Waals surface area (Å²) >= 11 is 0. The Bertz CT molecular complexity index is 757. The van der Waals surface area contributed by atoms with Crippen LogP contribution in [0.3, 0.4) is 0 Å². The maximum absolute atomic E-state index is 12.2. The molecule has 0 bridgehead atoms. The highest BCUT2D eigenvalue weighted by atomic mass is 16.4. The number of hydrogen-bond donors (Lipinski definition) is 3. The number of carboxylic acid groups (broad SMARTS) is 1. The molecule has 1 aromatic heterocycles. The largest absolute Gasteiger partial charge is 0.480 e. The van der Waals surface area contributed by atoms with Crippen LogP contribution < -0.4 is 11.0 Å². The number of H-pyrrole nitrogens is 1. The summed E-state index contributed by atoms with van der Waals surface area (Å²) in [5.41, 5.74) is 1.25. The van der Waals surface area contributed by atoms with Gasteiger partial charge in [-0.1, -0.05) is 13.8 Å². The van der Waals surface area contributed by atoms with Gasteiger partial charge in [0.25, 0.3) is 5.91 Å². The highest BCUT2D eigenvalue weighted by Gasteiger charge is 2.24. The zero-order valence-corrected chi connectivity index (χ0v) is 12.0. The highest BCUT2D eigenvalue weighted by Crippen LogP contribution is 2.13. The highest BCUT2D eigenvalue weighted by molar-refractivity contribution is 5.99. The lowest BCUT2D eigenvalue weighted by atomic mass is 10.0. The zero-order chi connectivity index (χ0) is 15.7. The number of carboxylic acids is 1. The molecule has 1 heterocycles. The molecule has 0 fully saturated rings. The van der Waals surface area contributed by atoms with E-state index in [4.69, 9.17) is 5.11 Å². The summed E-state index contributed by atoms with van der Waals surface area (Å²) in [6, 6.07) is 3.77. The maximum atomic E-state index is 12.2. The first kappa shape index (κ1) is 14.8. The molecule has 7 nitrogen and oxygen atoms in total. The molecular formula is C14H17N3O4. The first-order valence-electron chi connectivity index (χ1n) is 6.53. The minimum Gasteiger partial charge on any atom is -0.480 e. The number of aliphatic carboxylic acids is 1. The molecule has 112 valence electrons. The molecule has 1 aromatic carbocycles. The molecule has 1 atom stereocenters. The van der Waals surface area contributed by atoms with Gasteiger partial charge >= 0.3 is 11.7 Å². The van der Waals surface area contributed by atoms with Gasteiger partial charge in [0.05, 0.1) is 11.0 Å². The van der Waals surface area contributed by atoms with Crippen molar-refractivity contribution in [2.24, 2.45) is 13.0 Å². The second-order valence-corrected chi connectivity index (χ2v) is 5.25. The van der Waals surface area contributed by atoms with Crippen LogP contribution in [0, 0.1) is 5.92 Å². The van der Waals surface area contributed by atoms with Crippen LogP contribution in [0.15, 0.2) is 23.0 Å². The molecule has 0 saturated heterocycles. The number of hydrogen-bond acceptors (Lipinski definition) is 3. The molecule has 0 spiro atoms. The minimum atomic E-state index is -1.08. The summed E-state index contributed by atoms with van der Waals surface area (Å²) in [6.45, 7) is 3.44. The van der Waals surface area contributed by atoms with Gasteiger partial charge in [0.1, 0.15) is 6.04 Å². The van der Waals surface area contributed by atoms with Crippen LogP contribution >= 0.6 is 0 Å². The van der Waals surface area contributed by atoms with Gasteiger partial charge in [-0.3, -0.25) is 9.36 Å². The van der Waals surface area contributed by atoms with Crippen LogP contribution in [0.5, 0.6) is 0 Å². The number of fused-ring (bicyclic) bond motifs is 1. The van der Waals surface area contributed by atoms with Crippen LogP contribution in [-0.4, -0.2) is 32.6 Å². The Morgan fingerprint density at radius 1 is 1.33 bits per heavy atom.